The van der Waals surface area contributed by atoms with Crippen molar-refractivity contribution in [3.63, 3.8) is 0 Å². The van der Waals surface area contributed by atoms with E-state index in [0.717, 1.165) is 24.3 Å². The van der Waals surface area contributed by atoms with Crippen LogP contribution in [-0.2, 0) is 31.5 Å². The number of aryl methyl sites for hydroxylation is 1. The van der Waals surface area contributed by atoms with Gasteiger partial charge in [-0.05, 0) is 36.4 Å². The first kappa shape index (κ1) is 22.1. The van der Waals surface area contributed by atoms with E-state index < -0.39 is 33.3 Å². The molecule has 0 saturated heterocycles. The number of carbonyl (C=O) groups excluding carboxylic acids is 2. The third-order valence-electron chi connectivity index (χ3n) is 4.17. The fourth-order valence-electron chi connectivity index (χ4n) is 2.66. The zero-order chi connectivity index (χ0) is 22.4. The Balaban J connectivity index is 1.59. The van der Waals surface area contributed by atoms with Crippen molar-refractivity contribution in [1.29, 1.82) is 0 Å². The van der Waals surface area contributed by atoms with E-state index in [0.29, 0.717) is 5.69 Å². The molecule has 0 radical (unpaired) electrons. The van der Waals surface area contributed by atoms with Gasteiger partial charge in [-0.15, -0.1) is 0 Å². The van der Waals surface area contributed by atoms with Crippen molar-refractivity contribution in [3.8, 4) is 0 Å². The SMILES string of the molecule is COC(=O)c1ccccc1NC(=O)CCc1nc(CS(=O)(=O)c2ccc(F)cc2)no1. The van der Waals surface area contributed by atoms with E-state index in [2.05, 4.69) is 20.2 Å². The van der Waals surface area contributed by atoms with Crippen LogP contribution in [0.25, 0.3) is 0 Å². The third kappa shape index (κ3) is 5.72. The molecule has 0 bridgehead atoms. The molecule has 0 aliphatic carbocycles. The molecular weight excluding hydrogens is 429 g/mol. The minimum atomic E-state index is -3.78. The molecule has 0 aliphatic rings. The van der Waals surface area contributed by atoms with Gasteiger partial charge in [-0.3, -0.25) is 4.79 Å². The van der Waals surface area contributed by atoms with Gasteiger partial charge in [0.25, 0.3) is 0 Å². The maximum absolute atomic E-state index is 13.0. The van der Waals surface area contributed by atoms with Crippen LogP contribution in [0.1, 0.15) is 28.5 Å². The average molecular weight is 447 g/mol. The molecule has 0 unspecified atom stereocenters. The van der Waals surface area contributed by atoms with Crippen LogP contribution in [0.3, 0.4) is 0 Å². The zero-order valence-corrected chi connectivity index (χ0v) is 17.2. The summed E-state index contributed by atoms with van der Waals surface area (Å²) < 4.78 is 47.4. The predicted molar refractivity (Wildman–Crippen MR) is 106 cm³/mol. The Hall–Kier alpha value is -3.60. The number of amides is 1. The first-order valence-corrected chi connectivity index (χ1v) is 10.7. The van der Waals surface area contributed by atoms with Crippen LogP contribution in [-0.4, -0.2) is 37.5 Å². The van der Waals surface area contributed by atoms with E-state index >= 15 is 0 Å². The molecule has 3 rings (SSSR count). The second-order valence-electron chi connectivity index (χ2n) is 6.40. The Morgan fingerprint density at radius 1 is 1.13 bits per heavy atom. The van der Waals surface area contributed by atoms with Gasteiger partial charge in [-0.1, -0.05) is 17.3 Å². The number of nitrogens with zero attached hydrogens (tertiary/aromatic N) is 2. The van der Waals surface area contributed by atoms with Gasteiger partial charge >= 0.3 is 5.97 Å². The van der Waals surface area contributed by atoms with Crippen LogP contribution in [0.5, 0.6) is 0 Å². The van der Waals surface area contributed by atoms with E-state index in [4.69, 9.17) is 4.52 Å². The van der Waals surface area contributed by atoms with E-state index in [1.54, 1.807) is 18.2 Å². The highest BCUT2D eigenvalue weighted by molar-refractivity contribution is 7.90. The van der Waals surface area contributed by atoms with Crippen molar-refractivity contribution in [2.24, 2.45) is 0 Å². The number of ether oxygens (including phenoxy) is 1. The number of benzene rings is 2. The smallest absolute Gasteiger partial charge is 0.339 e. The van der Waals surface area contributed by atoms with Crippen LogP contribution >= 0.6 is 0 Å². The van der Waals surface area contributed by atoms with E-state index in [1.165, 1.54) is 13.2 Å². The summed E-state index contributed by atoms with van der Waals surface area (Å²) in [5, 5.41) is 6.23. The number of halogens is 1. The summed E-state index contributed by atoms with van der Waals surface area (Å²) in [6.45, 7) is 0. The van der Waals surface area contributed by atoms with Gasteiger partial charge in [0.2, 0.25) is 11.8 Å². The number of rotatable bonds is 8. The van der Waals surface area contributed by atoms with Crippen molar-refractivity contribution >= 4 is 27.4 Å². The minimum absolute atomic E-state index is 0.0398. The van der Waals surface area contributed by atoms with Crippen molar-refractivity contribution < 1.29 is 31.7 Å². The van der Waals surface area contributed by atoms with Gasteiger partial charge < -0.3 is 14.6 Å². The highest BCUT2D eigenvalue weighted by atomic mass is 32.2. The van der Waals surface area contributed by atoms with Gasteiger partial charge in [0.05, 0.1) is 23.3 Å². The molecule has 1 amide bonds. The number of anilines is 1. The Morgan fingerprint density at radius 2 is 1.84 bits per heavy atom. The van der Waals surface area contributed by atoms with E-state index in [9.17, 15) is 22.4 Å². The monoisotopic (exact) mass is 447 g/mol. The fraction of sp³-hybridized carbons (Fsp3) is 0.200. The molecule has 0 aliphatic heterocycles. The Labute approximate surface area is 177 Å². The molecular formula is C20H18FN3O6S. The average Bonchev–Trinajstić information content (AvgIpc) is 3.19. The van der Waals surface area contributed by atoms with Crippen molar-refractivity contribution in [2.45, 2.75) is 23.5 Å². The lowest BCUT2D eigenvalue weighted by Crippen LogP contribution is -2.15. The van der Waals surface area contributed by atoms with E-state index in [1.807, 2.05) is 0 Å². The Bertz CT molecular complexity index is 1190. The number of methoxy groups -OCH3 is 1. The van der Waals surface area contributed by atoms with Gasteiger partial charge in [-0.2, -0.15) is 4.98 Å². The summed E-state index contributed by atoms with van der Waals surface area (Å²) >= 11 is 0. The Morgan fingerprint density at radius 3 is 2.55 bits per heavy atom. The summed E-state index contributed by atoms with van der Waals surface area (Å²) in [5.41, 5.74) is 0.514. The molecule has 0 spiro atoms. The van der Waals surface area contributed by atoms with E-state index in [-0.39, 0.29) is 35.0 Å². The largest absolute Gasteiger partial charge is 0.465 e. The van der Waals surface area contributed by atoms with Crippen molar-refractivity contribution in [1.82, 2.24) is 10.1 Å². The summed E-state index contributed by atoms with van der Waals surface area (Å²) in [7, 11) is -2.54. The molecule has 3 aromatic rings. The molecule has 31 heavy (non-hydrogen) atoms. The number of hydrogen-bond donors (Lipinski definition) is 1. The van der Waals surface area contributed by atoms with Crippen molar-refractivity contribution in [3.05, 3.63) is 71.6 Å². The zero-order valence-electron chi connectivity index (χ0n) is 16.4. The standard InChI is InChI=1S/C20H18FN3O6S/c1-29-20(26)15-4-2-3-5-16(15)22-18(25)10-11-19-23-17(24-30-19)12-31(27,28)14-8-6-13(21)7-9-14/h2-9H,10-12H2,1H3,(H,22,25). The summed E-state index contributed by atoms with van der Waals surface area (Å²) in [6, 6.07) is 10.8. The molecule has 1 heterocycles. The maximum Gasteiger partial charge on any atom is 0.339 e. The molecule has 11 heteroatoms. The second kappa shape index (κ2) is 9.47. The number of para-hydroxylation sites is 1. The van der Waals surface area contributed by atoms with Gasteiger partial charge in [0.1, 0.15) is 11.6 Å². The summed E-state index contributed by atoms with van der Waals surface area (Å²) in [6.07, 6.45) is 0.0255. The molecule has 9 nitrogen and oxygen atoms in total. The number of hydrogen-bond acceptors (Lipinski definition) is 8. The highest BCUT2D eigenvalue weighted by Crippen LogP contribution is 2.18. The number of nitrogens with one attached hydrogen (secondary N) is 1. The molecule has 0 saturated carbocycles. The highest BCUT2D eigenvalue weighted by Gasteiger charge is 2.20. The second-order valence-corrected chi connectivity index (χ2v) is 8.39. The quantitative estimate of drug-likeness (QED) is 0.412. The van der Waals surface area contributed by atoms with Gasteiger partial charge in [0, 0.05) is 12.8 Å². The number of carbonyl (C=O) groups is 2. The van der Waals surface area contributed by atoms with Gasteiger partial charge in [0.15, 0.2) is 15.7 Å². The topological polar surface area (TPSA) is 128 Å². The predicted octanol–water partition coefficient (Wildman–Crippen LogP) is 2.54. The molecule has 2 aromatic carbocycles. The van der Waals surface area contributed by atoms with Crippen LogP contribution < -0.4 is 5.32 Å². The molecule has 1 aromatic heterocycles. The van der Waals surface area contributed by atoms with Crippen LogP contribution in [0, 0.1) is 5.82 Å². The summed E-state index contributed by atoms with van der Waals surface area (Å²) in [5.74, 6) is -2.06. The normalized spacial score (nSPS) is 11.2. The molecule has 0 fully saturated rings. The van der Waals surface area contributed by atoms with Crippen LogP contribution in [0.4, 0.5) is 10.1 Å². The first-order chi connectivity index (χ1) is 14.8. The number of aromatic nitrogens is 2. The lowest BCUT2D eigenvalue weighted by Gasteiger charge is -2.08. The minimum Gasteiger partial charge on any atom is -0.465 e. The van der Waals surface area contributed by atoms with Gasteiger partial charge in [-0.25, -0.2) is 17.6 Å². The maximum atomic E-state index is 13.0. The van der Waals surface area contributed by atoms with Crippen LogP contribution in [0.15, 0.2) is 57.9 Å². The van der Waals surface area contributed by atoms with Crippen LogP contribution in [0.2, 0.25) is 0 Å². The fourth-order valence-corrected chi connectivity index (χ4v) is 3.83. The number of esters is 1. The summed E-state index contributed by atoms with van der Waals surface area (Å²) in [4.78, 5) is 27.9. The molecule has 0 atom stereocenters. The van der Waals surface area contributed by atoms with Crippen molar-refractivity contribution in [2.75, 3.05) is 12.4 Å². The molecule has 1 N–H and O–H groups in total. The lowest BCUT2D eigenvalue weighted by molar-refractivity contribution is -0.116. The first-order valence-electron chi connectivity index (χ1n) is 9.05. The third-order valence-corrected chi connectivity index (χ3v) is 5.80. The number of sulfone groups is 1. The molecule has 162 valence electrons. The lowest BCUT2D eigenvalue weighted by atomic mass is 10.1. The Kier molecular flexibility index (Phi) is 6.75.